The van der Waals surface area contributed by atoms with E-state index in [-0.39, 0.29) is 5.91 Å². The Balaban J connectivity index is 1.12. The van der Waals surface area contributed by atoms with Crippen LogP contribution in [0.25, 0.3) is 11.1 Å². The molecule has 2 amide bonds. The number of carbonyl (C=O) groups is 3. The van der Waals surface area contributed by atoms with E-state index in [2.05, 4.69) is 42.5 Å². The van der Waals surface area contributed by atoms with Gasteiger partial charge in [-0.2, -0.15) is 16.9 Å². The maximum absolute atomic E-state index is 13.5. The second-order valence-corrected chi connectivity index (χ2v) is 13.8. The van der Waals surface area contributed by atoms with Crippen LogP contribution in [0.15, 0.2) is 73.1 Å². The number of aryl methyl sites for hydroxylation is 1. The first-order valence-electron chi connectivity index (χ1n) is 16.5. The van der Waals surface area contributed by atoms with E-state index in [4.69, 9.17) is 4.74 Å². The molecule has 250 valence electrons. The highest BCUT2D eigenvalue weighted by Crippen LogP contribution is 2.57. The van der Waals surface area contributed by atoms with Gasteiger partial charge in [0.1, 0.15) is 11.8 Å². The molecule has 2 N–H and O–H groups in total. The Morgan fingerprint density at radius 2 is 1.92 bits per heavy atom. The Bertz CT molecular complexity index is 1820. The minimum Gasteiger partial charge on any atom is -0.493 e. The van der Waals surface area contributed by atoms with Crippen LogP contribution in [0.4, 0.5) is 5.69 Å². The Morgan fingerprint density at radius 1 is 1.10 bits per heavy atom. The van der Waals surface area contributed by atoms with Crippen molar-refractivity contribution in [2.75, 3.05) is 30.1 Å². The molecule has 4 aromatic rings. The van der Waals surface area contributed by atoms with E-state index >= 15 is 0 Å². The van der Waals surface area contributed by atoms with Crippen molar-refractivity contribution in [1.29, 1.82) is 0 Å². The number of fused-ring (bicyclic) bond motifs is 3. The normalized spacial score (nSPS) is 16.9. The first-order valence-corrected chi connectivity index (χ1v) is 17.9. The lowest BCUT2D eigenvalue weighted by Crippen LogP contribution is -2.41. The first kappa shape index (κ1) is 33.3. The van der Waals surface area contributed by atoms with Crippen LogP contribution in [0.2, 0.25) is 0 Å². The van der Waals surface area contributed by atoms with Crippen molar-refractivity contribution in [3.63, 3.8) is 0 Å². The van der Waals surface area contributed by atoms with E-state index < -0.39 is 17.9 Å². The average Bonchev–Trinajstić information content (AvgIpc) is 3.73. The molecule has 1 fully saturated rings. The fraction of sp³-hybridized carbons (Fsp3) is 0.368. The third-order valence-electron chi connectivity index (χ3n) is 9.42. The third-order valence-corrected chi connectivity index (χ3v) is 10.1. The number of aromatic nitrogens is 2. The molecule has 1 aliphatic carbocycles. The lowest BCUT2D eigenvalue weighted by atomic mass is 9.92. The SMILES string of the molecule is CSCCC(NC(=O)c1cccc(Cn2cc(-c3cccc4c3[C@H]3C[C@H]3CN4C(=O)CCCOc3cccc(C)c3C)cn2)c1)C(=O)O. The van der Waals surface area contributed by atoms with Gasteiger partial charge in [-0.1, -0.05) is 36.4 Å². The van der Waals surface area contributed by atoms with Gasteiger partial charge < -0.3 is 20.1 Å². The molecule has 3 atom stereocenters. The van der Waals surface area contributed by atoms with Crippen molar-refractivity contribution in [3.05, 3.63) is 101 Å². The van der Waals surface area contributed by atoms with E-state index in [0.717, 1.165) is 46.7 Å². The van der Waals surface area contributed by atoms with Gasteiger partial charge >= 0.3 is 5.97 Å². The molecule has 2 aliphatic rings. The number of carboxylic acid groups (broad SMARTS) is 1. The van der Waals surface area contributed by atoms with E-state index in [1.807, 2.05) is 52.5 Å². The van der Waals surface area contributed by atoms with Crippen LogP contribution in [-0.2, 0) is 16.1 Å². The standard InChI is InChI=1S/C38H42N4O5S/c1-24-8-4-13-34(25(24)2)47-16-7-14-35(43)42-23-28-19-31(28)36-30(11-6-12-33(36)42)29-20-39-41(22-29)21-26-9-5-10-27(18-26)37(44)40-32(38(45)46)15-17-48-3/h4-6,8-13,18,20,22,28,31-32H,7,14-17,19,21,23H2,1-3H3,(H,40,44)(H,45,46)/t28-,31-,32?/m0/s1. The molecule has 3 aromatic carbocycles. The number of hydrogen-bond donors (Lipinski definition) is 2. The number of thioether (sulfide) groups is 1. The zero-order chi connectivity index (χ0) is 33.8. The van der Waals surface area contributed by atoms with Crippen LogP contribution >= 0.6 is 11.8 Å². The molecule has 2 heterocycles. The Hall–Kier alpha value is -4.57. The molecule has 6 rings (SSSR count). The number of amides is 2. The maximum Gasteiger partial charge on any atom is 0.326 e. The molecule has 9 nitrogen and oxygen atoms in total. The summed E-state index contributed by atoms with van der Waals surface area (Å²) in [7, 11) is 0. The summed E-state index contributed by atoms with van der Waals surface area (Å²) in [5.41, 5.74) is 7.92. The summed E-state index contributed by atoms with van der Waals surface area (Å²) in [4.78, 5) is 40.0. The Morgan fingerprint density at radius 3 is 2.73 bits per heavy atom. The van der Waals surface area contributed by atoms with E-state index in [1.165, 1.54) is 11.1 Å². The summed E-state index contributed by atoms with van der Waals surface area (Å²) >= 11 is 1.54. The molecular weight excluding hydrogens is 625 g/mol. The summed E-state index contributed by atoms with van der Waals surface area (Å²) in [6.45, 7) is 5.83. The Kier molecular flexibility index (Phi) is 10.2. The van der Waals surface area contributed by atoms with Gasteiger partial charge in [0.25, 0.3) is 5.91 Å². The zero-order valence-electron chi connectivity index (χ0n) is 27.6. The number of rotatable bonds is 14. The molecule has 0 saturated heterocycles. The predicted octanol–water partition coefficient (Wildman–Crippen LogP) is 6.46. The molecule has 10 heteroatoms. The van der Waals surface area contributed by atoms with Gasteiger partial charge in [-0.25, -0.2) is 4.79 Å². The average molecular weight is 667 g/mol. The quantitative estimate of drug-likeness (QED) is 0.149. The lowest BCUT2D eigenvalue weighted by molar-refractivity contribution is -0.139. The van der Waals surface area contributed by atoms with Gasteiger partial charge in [0, 0.05) is 36.0 Å². The second-order valence-electron chi connectivity index (χ2n) is 12.8. The van der Waals surface area contributed by atoms with Gasteiger partial charge in [-0.15, -0.1) is 0 Å². The fourth-order valence-corrected chi connectivity index (χ4v) is 7.02. The molecule has 0 spiro atoms. The highest BCUT2D eigenvalue weighted by molar-refractivity contribution is 7.98. The van der Waals surface area contributed by atoms with E-state index in [9.17, 15) is 19.5 Å². The van der Waals surface area contributed by atoms with Crippen LogP contribution in [0.1, 0.15) is 64.2 Å². The number of benzene rings is 3. The van der Waals surface area contributed by atoms with E-state index in [0.29, 0.717) is 55.6 Å². The third kappa shape index (κ3) is 7.44. The van der Waals surface area contributed by atoms with Crippen molar-refractivity contribution < 1.29 is 24.2 Å². The van der Waals surface area contributed by atoms with Crippen molar-refractivity contribution in [2.24, 2.45) is 5.92 Å². The minimum atomic E-state index is -1.04. The van der Waals surface area contributed by atoms with Crippen LogP contribution in [-0.4, -0.2) is 63.9 Å². The monoisotopic (exact) mass is 666 g/mol. The highest BCUT2D eigenvalue weighted by Gasteiger charge is 2.47. The number of aliphatic carboxylic acids is 1. The van der Waals surface area contributed by atoms with Crippen LogP contribution in [0.3, 0.4) is 0 Å². The highest BCUT2D eigenvalue weighted by atomic mass is 32.2. The molecule has 48 heavy (non-hydrogen) atoms. The van der Waals surface area contributed by atoms with Crippen LogP contribution in [0.5, 0.6) is 5.75 Å². The minimum absolute atomic E-state index is 0.127. The summed E-state index contributed by atoms with van der Waals surface area (Å²) in [6, 6.07) is 18.5. The van der Waals surface area contributed by atoms with Gasteiger partial charge in [-0.05, 0) is 109 Å². The molecule has 0 bridgehead atoms. The number of hydrogen-bond acceptors (Lipinski definition) is 6. The second kappa shape index (κ2) is 14.7. The smallest absolute Gasteiger partial charge is 0.326 e. The summed E-state index contributed by atoms with van der Waals surface area (Å²) < 4.78 is 7.85. The maximum atomic E-state index is 13.5. The fourth-order valence-electron chi connectivity index (χ4n) is 6.54. The zero-order valence-corrected chi connectivity index (χ0v) is 28.5. The largest absolute Gasteiger partial charge is 0.493 e. The lowest BCUT2D eigenvalue weighted by Gasteiger charge is -2.30. The molecule has 1 saturated carbocycles. The summed E-state index contributed by atoms with van der Waals surface area (Å²) in [5.74, 6) is 1.11. The number of carboxylic acids is 1. The number of nitrogens with zero attached hydrogens (tertiary/aromatic N) is 3. The summed E-state index contributed by atoms with van der Waals surface area (Å²) in [6.07, 6.45) is 8.29. The molecule has 1 aromatic heterocycles. The topological polar surface area (TPSA) is 114 Å². The molecule has 0 radical (unpaired) electrons. The number of nitrogens with one attached hydrogen (secondary N) is 1. The van der Waals surface area contributed by atoms with E-state index in [1.54, 1.807) is 30.0 Å². The van der Waals surface area contributed by atoms with Crippen molar-refractivity contribution in [2.45, 2.75) is 58.0 Å². The summed E-state index contributed by atoms with van der Waals surface area (Å²) in [5, 5.41) is 16.8. The number of anilines is 1. The van der Waals surface area contributed by atoms with Crippen molar-refractivity contribution in [3.8, 4) is 16.9 Å². The first-order chi connectivity index (χ1) is 23.2. The van der Waals surface area contributed by atoms with Crippen LogP contribution < -0.4 is 15.0 Å². The van der Waals surface area contributed by atoms with Crippen molar-refractivity contribution >= 4 is 35.2 Å². The van der Waals surface area contributed by atoms with Gasteiger partial charge in [0.2, 0.25) is 5.91 Å². The van der Waals surface area contributed by atoms with Gasteiger partial charge in [0.15, 0.2) is 0 Å². The number of ether oxygens (including phenoxy) is 1. The molecular formula is C38H42N4O5S. The van der Waals surface area contributed by atoms with Crippen molar-refractivity contribution in [1.82, 2.24) is 15.1 Å². The van der Waals surface area contributed by atoms with Gasteiger partial charge in [0.05, 0.1) is 19.3 Å². The predicted molar refractivity (Wildman–Crippen MR) is 189 cm³/mol. The molecule has 1 aliphatic heterocycles. The molecule has 1 unspecified atom stereocenters. The van der Waals surface area contributed by atoms with Gasteiger partial charge in [-0.3, -0.25) is 14.3 Å². The number of carbonyl (C=O) groups excluding carboxylic acids is 2. The van der Waals surface area contributed by atoms with Crippen LogP contribution in [0, 0.1) is 19.8 Å². The Labute approximate surface area is 285 Å².